The number of anilines is 1. The maximum atomic E-state index is 11.8. The molecule has 2 atom stereocenters. The third-order valence-electron chi connectivity index (χ3n) is 3.41. The maximum Gasteiger partial charge on any atom is 0.245 e. The van der Waals surface area contributed by atoms with Crippen LogP contribution in [0.15, 0.2) is 24.3 Å². The number of nitrogens with zero attached hydrogens (tertiary/aromatic N) is 1. The highest BCUT2D eigenvalue weighted by Crippen LogP contribution is 2.23. The molecule has 1 aromatic carbocycles. The molecule has 1 aliphatic heterocycles. The zero-order valence-electron chi connectivity index (χ0n) is 11.1. The SMILES string of the molecule is CC(=O)c1cccc(N2C(C)CNC(=O)C2CO)c1. The average molecular weight is 262 g/mol. The Labute approximate surface area is 112 Å². The van der Waals surface area contributed by atoms with Crippen molar-refractivity contribution in [1.29, 1.82) is 0 Å². The summed E-state index contributed by atoms with van der Waals surface area (Å²) < 4.78 is 0. The van der Waals surface area contributed by atoms with Crippen LogP contribution in [0.3, 0.4) is 0 Å². The molecule has 5 heteroatoms. The van der Waals surface area contributed by atoms with Crippen LogP contribution in [-0.2, 0) is 4.79 Å². The summed E-state index contributed by atoms with van der Waals surface area (Å²) >= 11 is 0. The molecule has 1 aromatic rings. The summed E-state index contributed by atoms with van der Waals surface area (Å²) in [7, 11) is 0. The summed E-state index contributed by atoms with van der Waals surface area (Å²) in [6.45, 7) is 3.76. The van der Waals surface area contributed by atoms with E-state index in [1.165, 1.54) is 6.92 Å². The molecule has 2 unspecified atom stereocenters. The van der Waals surface area contributed by atoms with E-state index in [-0.39, 0.29) is 24.3 Å². The molecular weight excluding hydrogens is 244 g/mol. The molecule has 102 valence electrons. The molecule has 0 radical (unpaired) electrons. The van der Waals surface area contributed by atoms with E-state index >= 15 is 0 Å². The molecule has 5 nitrogen and oxygen atoms in total. The Balaban J connectivity index is 2.39. The Bertz CT molecular complexity index is 501. The minimum Gasteiger partial charge on any atom is -0.394 e. The molecule has 0 saturated carbocycles. The van der Waals surface area contributed by atoms with Gasteiger partial charge in [0, 0.05) is 23.8 Å². The van der Waals surface area contributed by atoms with E-state index in [9.17, 15) is 14.7 Å². The third-order valence-corrected chi connectivity index (χ3v) is 3.41. The highest BCUT2D eigenvalue weighted by atomic mass is 16.3. The van der Waals surface area contributed by atoms with Gasteiger partial charge >= 0.3 is 0 Å². The van der Waals surface area contributed by atoms with Crippen molar-refractivity contribution in [2.24, 2.45) is 0 Å². The van der Waals surface area contributed by atoms with Crippen LogP contribution in [0.1, 0.15) is 24.2 Å². The highest BCUT2D eigenvalue weighted by molar-refractivity contribution is 5.95. The quantitative estimate of drug-likeness (QED) is 0.782. The summed E-state index contributed by atoms with van der Waals surface area (Å²) in [6.07, 6.45) is 0. The second-order valence-corrected chi connectivity index (χ2v) is 4.81. The number of aliphatic hydroxyl groups is 1. The number of benzene rings is 1. The van der Waals surface area contributed by atoms with Crippen LogP contribution in [0.5, 0.6) is 0 Å². The largest absolute Gasteiger partial charge is 0.394 e. The first kappa shape index (κ1) is 13.5. The van der Waals surface area contributed by atoms with Crippen molar-refractivity contribution < 1.29 is 14.7 Å². The number of amides is 1. The van der Waals surface area contributed by atoms with Crippen LogP contribution < -0.4 is 10.2 Å². The van der Waals surface area contributed by atoms with Gasteiger partial charge in [-0.3, -0.25) is 9.59 Å². The fourth-order valence-corrected chi connectivity index (χ4v) is 2.39. The van der Waals surface area contributed by atoms with Crippen LogP contribution in [0, 0.1) is 0 Å². The van der Waals surface area contributed by atoms with E-state index in [4.69, 9.17) is 0 Å². The summed E-state index contributed by atoms with van der Waals surface area (Å²) in [4.78, 5) is 25.1. The van der Waals surface area contributed by atoms with Gasteiger partial charge in [0.05, 0.1) is 6.61 Å². The average Bonchev–Trinajstić information content (AvgIpc) is 2.41. The van der Waals surface area contributed by atoms with Gasteiger partial charge in [-0.25, -0.2) is 0 Å². The van der Waals surface area contributed by atoms with Crippen molar-refractivity contribution in [2.45, 2.75) is 25.9 Å². The van der Waals surface area contributed by atoms with Crippen LogP contribution in [0.25, 0.3) is 0 Å². The number of Topliss-reactive ketones (excluding diaryl/α,β-unsaturated/α-hetero) is 1. The minimum absolute atomic E-state index is 0.0171. The normalized spacial score (nSPS) is 23.1. The molecule has 1 heterocycles. The molecule has 2 rings (SSSR count). The zero-order chi connectivity index (χ0) is 14.0. The van der Waals surface area contributed by atoms with E-state index in [1.54, 1.807) is 18.2 Å². The summed E-state index contributed by atoms with van der Waals surface area (Å²) in [6, 6.07) is 6.61. The molecule has 1 saturated heterocycles. The number of ketones is 1. The number of nitrogens with one attached hydrogen (secondary N) is 1. The second-order valence-electron chi connectivity index (χ2n) is 4.81. The van der Waals surface area contributed by atoms with E-state index in [2.05, 4.69) is 5.32 Å². The number of carbonyl (C=O) groups is 2. The summed E-state index contributed by atoms with van der Waals surface area (Å²) in [5.41, 5.74) is 1.39. The molecular formula is C14H18N2O3. The van der Waals surface area contributed by atoms with Crippen LogP contribution in [0.4, 0.5) is 5.69 Å². The molecule has 0 bridgehead atoms. The lowest BCUT2D eigenvalue weighted by Gasteiger charge is -2.41. The summed E-state index contributed by atoms with van der Waals surface area (Å²) in [5.74, 6) is -0.203. The number of hydrogen-bond acceptors (Lipinski definition) is 4. The van der Waals surface area contributed by atoms with Crippen LogP contribution in [0.2, 0.25) is 0 Å². The number of hydrogen-bond donors (Lipinski definition) is 2. The van der Waals surface area contributed by atoms with Gasteiger partial charge in [-0.2, -0.15) is 0 Å². The molecule has 1 fully saturated rings. The lowest BCUT2D eigenvalue weighted by molar-refractivity contribution is -0.124. The Hall–Kier alpha value is -1.88. The lowest BCUT2D eigenvalue weighted by atomic mass is 10.0. The van der Waals surface area contributed by atoms with Crippen molar-refractivity contribution in [3.8, 4) is 0 Å². The van der Waals surface area contributed by atoms with Gasteiger partial charge in [0.2, 0.25) is 5.91 Å². The molecule has 1 amide bonds. The fourth-order valence-electron chi connectivity index (χ4n) is 2.39. The van der Waals surface area contributed by atoms with Crippen LogP contribution >= 0.6 is 0 Å². The first-order chi connectivity index (χ1) is 9.04. The number of rotatable bonds is 3. The Morgan fingerprint density at radius 3 is 2.89 bits per heavy atom. The van der Waals surface area contributed by atoms with Crippen LogP contribution in [-0.4, -0.2) is 42.0 Å². The Morgan fingerprint density at radius 2 is 2.26 bits per heavy atom. The van der Waals surface area contributed by atoms with E-state index in [0.717, 1.165) is 5.69 Å². The fraction of sp³-hybridized carbons (Fsp3) is 0.429. The molecule has 0 aromatic heterocycles. The topological polar surface area (TPSA) is 69.6 Å². The number of piperazine rings is 1. The monoisotopic (exact) mass is 262 g/mol. The zero-order valence-corrected chi connectivity index (χ0v) is 11.1. The van der Waals surface area contributed by atoms with Gasteiger partial charge in [0.25, 0.3) is 0 Å². The molecule has 1 aliphatic rings. The first-order valence-corrected chi connectivity index (χ1v) is 6.32. The van der Waals surface area contributed by atoms with Gasteiger partial charge in [-0.15, -0.1) is 0 Å². The van der Waals surface area contributed by atoms with Gasteiger partial charge in [0.15, 0.2) is 5.78 Å². The van der Waals surface area contributed by atoms with Crippen molar-refractivity contribution in [1.82, 2.24) is 5.32 Å². The summed E-state index contributed by atoms with van der Waals surface area (Å²) in [5, 5.41) is 12.2. The molecule has 2 N–H and O–H groups in total. The maximum absolute atomic E-state index is 11.8. The predicted molar refractivity (Wildman–Crippen MR) is 72.3 cm³/mol. The standard InChI is InChI=1S/C14H18N2O3/c1-9-7-15-14(19)13(8-17)16(9)12-5-3-4-11(6-12)10(2)18/h3-6,9,13,17H,7-8H2,1-2H3,(H,15,19). The van der Waals surface area contributed by atoms with Crippen molar-refractivity contribution in [2.75, 3.05) is 18.1 Å². The van der Waals surface area contributed by atoms with Crippen molar-refractivity contribution >= 4 is 17.4 Å². The van der Waals surface area contributed by atoms with Gasteiger partial charge < -0.3 is 15.3 Å². The molecule has 0 aliphatic carbocycles. The molecule has 19 heavy (non-hydrogen) atoms. The lowest BCUT2D eigenvalue weighted by Crippen LogP contribution is -2.61. The number of aliphatic hydroxyl groups excluding tert-OH is 1. The van der Waals surface area contributed by atoms with Gasteiger partial charge in [0.1, 0.15) is 6.04 Å². The predicted octanol–water partition coefficient (Wildman–Crippen LogP) is 0.575. The highest BCUT2D eigenvalue weighted by Gasteiger charge is 2.33. The van der Waals surface area contributed by atoms with E-state index in [1.807, 2.05) is 17.9 Å². The minimum atomic E-state index is -0.606. The van der Waals surface area contributed by atoms with Crippen molar-refractivity contribution in [3.63, 3.8) is 0 Å². The van der Waals surface area contributed by atoms with Gasteiger partial charge in [-0.1, -0.05) is 12.1 Å². The third kappa shape index (κ3) is 2.61. The van der Waals surface area contributed by atoms with Gasteiger partial charge in [-0.05, 0) is 26.0 Å². The Morgan fingerprint density at radius 1 is 1.53 bits per heavy atom. The number of carbonyl (C=O) groups excluding carboxylic acids is 2. The van der Waals surface area contributed by atoms with E-state index < -0.39 is 6.04 Å². The smallest absolute Gasteiger partial charge is 0.245 e. The second kappa shape index (κ2) is 5.40. The Kier molecular flexibility index (Phi) is 3.85. The van der Waals surface area contributed by atoms with E-state index in [0.29, 0.717) is 12.1 Å². The van der Waals surface area contributed by atoms with Crippen molar-refractivity contribution in [3.05, 3.63) is 29.8 Å². The molecule has 0 spiro atoms. The first-order valence-electron chi connectivity index (χ1n) is 6.32.